The molecule has 0 aliphatic heterocycles. The van der Waals surface area contributed by atoms with Gasteiger partial charge in [-0.3, -0.25) is 0 Å². The van der Waals surface area contributed by atoms with Crippen molar-refractivity contribution in [2.45, 2.75) is 0 Å². The minimum absolute atomic E-state index is 0.558. The molecule has 0 rings (SSSR count). The summed E-state index contributed by atoms with van der Waals surface area (Å²) in [6.45, 7) is 2.84. The Balaban J connectivity index is 3.84. The van der Waals surface area contributed by atoms with E-state index in [1.54, 1.807) is 0 Å². The number of hydrogen-bond acceptors (Lipinski definition) is 4. The summed E-state index contributed by atoms with van der Waals surface area (Å²) in [5.41, 5.74) is 0. The van der Waals surface area contributed by atoms with Crippen LogP contribution < -0.4 is 0 Å². The minimum atomic E-state index is -4.54. The Morgan fingerprint density at radius 3 is 2.14 bits per heavy atom. The van der Waals surface area contributed by atoms with E-state index in [9.17, 15) is 13.0 Å². The zero-order chi connectivity index (χ0) is 5.91. The van der Waals surface area contributed by atoms with E-state index in [1.165, 1.54) is 0 Å². The molecule has 0 amide bonds. The van der Waals surface area contributed by atoms with Crippen LogP contribution >= 0.6 is 0 Å². The Hall–Kier alpha value is -0.550. The van der Waals surface area contributed by atoms with Gasteiger partial charge in [-0.15, -0.1) is 0 Å². The maximum Gasteiger partial charge on any atom is 0.262 e. The SMILES string of the molecule is C=COS(=O)(=O)[O-]. The molecule has 0 bridgehead atoms. The van der Waals surface area contributed by atoms with E-state index in [1.807, 2.05) is 0 Å². The summed E-state index contributed by atoms with van der Waals surface area (Å²) in [6, 6.07) is 0. The van der Waals surface area contributed by atoms with Gasteiger partial charge >= 0.3 is 0 Å². The van der Waals surface area contributed by atoms with E-state index < -0.39 is 10.4 Å². The van der Waals surface area contributed by atoms with Gasteiger partial charge in [0.2, 0.25) is 0 Å². The molecule has 0 spiro atoms. The van der Waals surface area contributed by atoms with Crippen LogP contribution in [0.4, 0.5) is 0 Å². The van der Waals surface area contributed by atoms with E-state index in [4.69, 9.17) is 0 Å². The second kappa shape index (κ2) is 1.94. The van der Waals surface area contributed by atoms with E-state index in [-0.39, 0.29) is 0 Å². The summed E-state index contributed by atoms with van der Waals surface area (Å²) < 4.78 is 31.6. The fourth-order valence-electron chi connectivity index (χ4n) is 0.0833. The normalized spacial score (nSPS) is 10.4. The molecule has 0 saturated carbocycles. The van der Waals surface area contributed by atoms with E-state index in [0.717, 1.165) is 0 Å². The van der Waals surface area contributed by atoms with Gasteiger partial charge in [-0.05, 0) is 0 Å². The Kier molecular flexibility index (Phi) is 1.79. The third kappa shape index (κ3) is 5.45. The highest BCUT2D eigenvalue weighted by molar-refractivity contribution is 7.80. The van der Waals surface area contributed by atoms with Crippen molar-refractivity contribution in [2.24, 2.45) is 0 Å². The van der Waals surface area contributed by atoms with Crippen LogP contribution in [0.25, 0.3) is 0 Å². The van der Waals surface area contributed by atoms with Crippen LogP contribution in [-0.2, 0) is 14.6 Å². The highest BCUT2D eigenvalue weighted by Gasteiger charge is 1.81. The van der Waals surface area contributed by atoms with Gasteiger partial charge in [0, 0.05) is 0 Å². The molecule has 0 heterocycles. The number of rotatable bonds is 2. The summed E-state index contributed by atoms with van der Waals surface area (Å²) in [6.07, 6.45) is 0.558. The highest BCUT2D eigenvalue weighted by atomic mass is 32.3. The van der Waals surface area contributed by atoms with Crippen LogP contribution in [0.1, 0.15) is 0 Å². The average molecular weight is 123 g/mol. The molecule has 7 heavy (non-hydrogen) atoms. The first-order valence-corrected chi connectivity index (χ1v) is 2.64. The molecular formula is C2H3O4S-. The van der Waals surface area contributed by atoms with Crippen LogP contribution in [0.5, 0.6) is 0 Å². The maximum absolute atomic E-state index is 9.38. The van der Waals surface area contributed by atoms with Crippen LogP contribution in [-0.4, -0.2) is 13.0 Å². The standard InChI is InChI=1S/C2H4O4S/c1-2-6-7(3,4)5/h2H,1H2,(H,3,4,5)/p-1. The summed E-state index contributed by atoms with van der Waals surface area (Å²) in [5.74, 6) is 0. The molecule has 0 aliphatic carbocycles. The predicted molar refractivity (Wildman–Crippen MR) is 21.0 cm³/mol. The van der Waals surface area contributed by atoms with E-state index in [0.29, 0.717) is 6.26 Å². The van der Waals surface area contributed by atoms with Crippen molar-refractivity contribution in [3.8, 4) is 0 Å². The van der Waals surface area contributed by atoms with Gasteiger partial charge in [-0.2, -0.15) is 0 Å². The smallest absolute Gasteiger partial charge is 0.262 e. The molecule has 42 valence electrons. The highest BCUT2D eigenvalue weighted by Crippen LogP contribution is 1.81. The monoisotopic (exact) mass is 123 g/mol. The van der Waals surface area contributed by atoms with Gasteiger partial charge in [0.25, 0.3) is 10.4 Å². The Morgan fingerprint density at radius 1 is 1.71 bits per heavy atom. The first kappa shape index (κ1) is 6.45. The Bertz CT molecular complexity index is 143. The van der Waals surface area contributed by atoms with Crippen molar-refractivity contribution >= 4 is 10.4 Å². The summed E-state index contributed by atoms with van der Waals surface area (Å²) in [4.78, 5) is 0. The van der Waals surface area contributed by atoms with Crippen molar-refractivity contribution in [1.82, 2.24) is 0 Å². The molecule has 0 aromatic carbocycles. The molecule has 0 saturated heterocycles. The van der Waals surface area contributed by atoms with Crippen molar-refractivity contribution in [2.75, 3.05) is 0 Å². The first-order valence-electron chi connectivity index (χ1n) is 1.31. The lowest BCUT2D eigenvalue weighted by Crippen LogP contribution is -1.96. The lowest BCUT2D eigenvalue weighted by Gasteiger charge is -2.00. The van der Waals surface area contributed by atoms with Gasteiger partial charge in [0.05, 0.1) is 6.26 Å². The van der Waals surface area contributed by atoms with Crippen LogP contribution in [0.15, 0.2) is 12.8 Å². The van der Waals surface area contributed by atoms with Gasteiger partial charge in [-0.1, -0.05) is 6.58 Å². The lowest BCUT2D eigenvalue weighted by atomic mass is 11.2. The van der Waals surface area contributed by atoms with Crippen molar-refractivity contribution in [1.29, 1.82) is 0 Å². The van der Waals surface area contributed by atoms with Crippen LogP contribution in [0.2, 0.25) is 0 Å². The van der Waals surface area contributed by atoms with Gasteiger partial charge in [0.1, 0.15) is 0 Å². The molecule has 4 nitrogen and oxygen atoms in total. The quantitative estimate of drug-likeness (QED) is 0.285. The van der Waals surface area contributed by atoms with Crippen molar-refractivity contribution < 1.29 is 17.2 Å². The molecule has 0 fully saturated rings. The third-order valence-electron chi connectivity index (χ3n) is 0.186. The first-order chi connectivity index (χ1) is 3.06. The van der Waals surface area contributed by atoms with Gasteiger partial charge in [-0.25, -0.2) is 8.42 Å². The van der Waals surface area contributed by atoms with Gasteiger partial charge in [0.15, 0.2) is 0 Å². The zero-order valence-corrected chi connectivity index (χ0v) is 4.14. The molecule has 0 atom stereocenters. The lowest BCUT2D eigenvalue weighted by molar-refractivity contribution is 0.344. The molecule has 0 aliphatic rings. The van der Waals surface area contributed by atoms with Crippen molar-refractivity contribution in [3.05, 3.63) is 12.8 Å². The second-order valence-electron chi connectivity index (χ2n) is 0.671. The topological polar surface area (TPSA) is 66.4 Å². The Morgan fingerprint density at radius 2 is 2.14 bits per heavy atom. The molecule has 0 aromatic rings. The van der Waals surface area contributed by atoms with E-state index in [2.05, 4.69) is 10.8 Å². The fourth-order valence-corrected chi connectivity index (χ4v) is 0.250. The van der Waals surface area contributed by atoms with Gasteiger partial charge < -0.3 is 8.74 Å². The molecule has 0 radical (unpaired) electrons. The maximum atomic E-state index is 9.38. The average Bonchev–Trinajstić information content (AvgIpc) is 1.30. The molecule has 5 heteroatoms. The second-order valence-corrected chi connectivity index (χ2v) is 1.68. The Labute approximate surface area is 41.4 Å². The fraction of sp³-hybridized carbons (Fsp3) is 0. The summed E-state index contributed by atoms with van der Waals surface area (Å²) in [5, 5.41) is 0. The third-order valence-corrected chi connectivity index (χ3v) is 0.558. The van der Waals surface area contributed by atoms with E-state index >= 15 is 0 Å². The van der Waals surface area contributed by atoms with Crippen molar-refractivity contribution in [3.63, 3.8) is 0 Å². The van der Waals surface area contributed by atoms with Crippen LogP contribution in [0.3, 0.4) is 0 Å². The molecular weight excluding hydrogens is 120 g/mol. The summed E-state index contributed by atoms with van der Waals surface area (Å²) in [7, 11) is -4.54. The molecule has 0 aromatic heterocycles. The zero-order valence-electron chi connectivity index (χ0n) is 3.33. The molecule has 0 unspecified atom stereocenters. The van der Waals surface area contributed by atoms with Crippen LogP contribution in [0, 0.1) is 0 Å². The minimum Gasteiger partial charge on any atom is -0.716 e. The summed E-state index contributed by atoms with van der Waals surface area (Å²) >= 11 is 0. The number of hydrogen-bond donors (Lipinski definition) is 0. The predicted octanol–water partition coefficient (Wildman–Crippen LogP) is -0.393. The molecule has 0 N–H and O–H groups in total. The largest absolute Gasteiger partial charge is 0.716 e.